The molecule has 0 aliphatic heterocycles. The molecule has 4 nitrogen and oxygen atoms in total. The SMILES string of the molecule is CC(CC(C)(C)C)c1ccccc1N(C)C(=O)c1c(C(F)(F)F)nn(C)c1F. The second-order valence-corrected chi connectivity index (χ2v) is 8.22. The minimum atomic E-state index is -4.94. The number of hydrogen-bond donors (Lipinski definition) is 0. The Hall–Kier alpha value is -2.38. The Morgan fingerprint density at radius 1 is 1.21 bits per heavy atom. The number of para-hydroxylation sites is 1. The van der Waals surface area contributed by atoms with Crippen molar-refractivity contribution in [3.05, 3.63) is 47.0 Å². The molecule has 0 spiro atoms. The zero-order valence-electron chi connectivity index (χ0n) is 16.9. The molecule has 0 aliphatic rings. The number of rotatable bonds is 4. The lowest BCUT2D eigenvalue weighted by Gasteiger charge is -2.28. The first-order chi connectivity index (χ1) is 12.7. The molecule has 1 heterocycles. The van der Waals surface area contributed by atoms with E-state index in [-0.39, 0.29) is 11.3 Å². The molecule has 0 bridgehead atoms. The van der Waals surface area contributed by atoms with Crippen LogP contribution in [0.25, 0.3) is 0 Å². The van der Waals surface area contributed by atoms with Crippen LogP contribution in [0.4, 0.5) is 23.2 Å². The number of halogens is 4. The van der Waals surface area contributed by atoms with Gasteiger partial charge in [-0.25, -0.2) is 4.68 Å². The second-order valence-electron chi connectivity index (χ2n) is 8.22. The number of carbonyl (C=O) groups excluding carboxylic acids is 1. The van der Waals surface area contributed by atoms with E-state index in [9.17, 15) is 22.4 Å². The van der Waals surface area contributed by atoms with Crippen molar-refractivity contribution >= 4 is 11.6 Å². The molecule has 154 valence electrons. The molecule has 0 aliphatic carbocycles. The van der Waals surface area contributed by atoms with Crippen LogP contribution in [0.2, 0.25) is 0 Å². The topological polar surface area (TPSA) is 38.1 Å². The summed E-state index contributed by atoms with van der Waals surface area (Å²) in [6, 6.07) is 6.98. The maximum absolute atomic E-state index is 14.3. The molecule has 1 unspecified atom stereocenters. The second kappa shape index (κ2) is 7.56. The maximum atomic E-state index is 14.3. The zero-order valence-corrected chi connectivity index (χ0v) is 16.9. The molecule has 8 heteroatoms. The number of amides is 1. The van der Waals surface area contributed by atoms with Gasteiger partial charge in [-0.05, 0) is 29.4 Å². The molecule has 1 atom stereocenters. The summed E-state index contributed by atoms with van der Waals surface area (Å²) < 4.78 is 54.5. The largest absolute Gasteiger partial charge is 0.436 e. The number of anilines is 1. The minimum Gasteiger partial charge on any atom is -0.311 e. The smallest absolute Gasteiger partial charge is 0.311 e. The van der Waals surface area contributed by atoms with Gasteiger partial charge in [0.05, 0.1) is 0 Å². The highest BCUT2D eigenvalue weighted by Crippen LogP contribution is 2.37. The van der Waals surface area contributed by atoms with Crippen LogP contribution in [0.15, 0.2) is 24.3 Å². The van der Waals surface area contributed by atoms with Crippen LogP contribution < -0.4 is 4.90 Å². The molecule has 0 N–H and O–H groups in total. The van der Waals surface area contributed by atoms with E-state index in [0.717, 1.165) is 23.9 Å². The summed E-state index contributed by atoms with van der Waals surface area (Å²) in [6.45, 7) is 8.25. The van der Waals surface area contributed by atoms with Crippen molar-refractivity contribution in [3.63, 3.8) is 0 Å². The van der Waals surface area contributed by atoms with Gasteiger partial charge in [-0.1, -0.05) is 45.9 Å². The lowest BCUT2D eigenvalue weighted by atomic mass is 9.82. The van der Waals surface area contributed by atoms with Crippen LogP contribution >= 0.6 is 0 Å². The predicted molar refractivity (Wildman–Crippen MR) is 99.8 cm³/mol. The fourth-order valence-corrected chi connectivity index (χ4v) is 3.41. The zero-order chi connectivity index (χ0) is 21.4. The van der Waals surface area contributed by atoms with Crippen molar-refractivity contribution < 1.29 is 22.4 Å². The van der Waals surface area contributed by atoms with Crippen molar-refractivity contribution in [2.24, 2.45) is 12.5 Å². The summed E-state index contributed by atoms with van der Waals surface area (Å²) in [7, 11) is 2.37. The molecule has 1 aromatic carbocycles. The van der Waals surface area contributed by atoms with Gasteiger partial charge in [0.15, 0.2) is 5.69 Å². The Morgan fingerprint density at radius 2 is 1.79 bits per heavy atom. The molecule has 1 aromatic heterocycles. The third-order valence-electron chi connectivity index (χ3n) is 4.51. The Kier molecular flexibility index (Phi) is 5.92. The van der Waals surface area contributed by atoms with Gasteiger partial charge < -0.3 is 4.90 Å². The van der Waals surface area contributed by atoms with Crippen LogP contribution in [-0.2, 0) is 13.2 Å². The number of aromatic nitrogens is 2. The monoisotopic (exact) mass is 399 g/mol. The van der Waals surface area contributed by atoms with E-state index in [1.165, 1.54) is 7.05 Å². The summed E-state index contributed by atoms with van der Waals surface area (Å²) in [6.07, 6.45) is -4.13. The van der Waals surface area contributed by atoms with Crippen molar-refractivity contribution in [2.45, 2.75) is 46.2 Å². The number of carbonyl (C=O) groups is 1. The minimum absolute atomic E-state index is 0.0218. The van der Waals surface area contributed by atoms with E-state index in [2.05, 4.69) is 25.9 Å². The first-order valence-electron chi connectivity index (χ1n) is 8.90. The molecular weight excluding hydrogens is 374 g/mol. The van der Waals surface area contributed by atoms with Gasteiger partial charge in [-0.2, -0.15) is 22.7 Å². The summed E-state index contributed by atoms with van der Waals surface area (Å²) in [5.41, 5.74) is -1.32. The van der Waals surface area contributed by atoms with Gasteiger partial charge in [0.1, 0.15) is 5.56 Å². The lowest BCUT2D eigenvalue weighted by Crippen LogP contribution is -2.30. The van der Waals surface area contributed by atoms with Crippen molar-refractivity contribution in [1.82, 2.24) is 9.78 Å². The maximum Gasteiger partial charge on any atom is 0.436 e. The lowest BCUT2D eigenvalue weighted by molar-refractivity contribution is -0.141. The van der Waals surface area contributed by atoms with E-state index in [1.54, 1.807) is 12.1 Å². The normalized spacial score (nSPS) is 13.5. The average Bonchev–Trinajstić information content (AvgIpc) is 2.87. The van der Waals surface area contributed by atoms with E-state index in [0.29, 0.717) is 10.4 Å². The van der Waals surface area contributed by atoms with Crippen LogP contribution in [0.1, 0.15) is 61.6 Å². The first kappa shape index (κ1) is 21.9. The van der Waals surface area contributed by atoms with E-state index in [4.69, 9.17) is 0 Å². The standard InChI is InChI=1S/C20H25F4N3O/c1-12(11-19(2,3)4)13-9-7-8-10-14(13)26(5)18(28)15-16(20(22,23)24)25-27(6)17(15)21/h7-10,12H,11H2,1-6H3. The van der Waals surface area contributed by atoms with Crippen molar-refractivity contribution in [2.75, 3.05) is 11.9 Å². The van der Waals surface area contributed by atoms with E-state index in [1.807, 2.05) is 19.1 Å². The molecule has 1 amide bonds. The quantitative estimate of drug-likeness (QED) is 0.646. The van der Waals surface area contributed by atoms with Crippen molar-refractivity contribution in [1.29, 1.82) is 0 Å². The number of nitrogens with zero attached hydrogens (tertiary/aromatic N) is 3. The Bertz CT molecular complexity index is 865. The first-order valence-corrected chi connectivity index (χ1v) is 8.90. The Labute approximate surface area is 162 Å². The summed E-state index contributed by atoms with van der Waals surface area (Å²) in [4.78, 5) is 13.9. The summed E-state index contributed by atoms with van der Waals surface area (Å²) in [5, 5.41) is 3.15. The third kappa shape index (κ3) is 4.54. The molecule has 2 rings (SSSR count). The van der Waals surface area contributed by atoms with Gasteiger partial charge in [0, 0.05) is 19.8 Å². The van der Waals surface area contributed by atoms with Gasteiger partial charge >= 0.3 is 6.18 Å². The fraction of sp³-hybridized carbons (Fsp3) is 0.500. The molecule has 28 heavy (non-hydrogen) atoms. The molecule has 2 aromatic rings. The average molecular weight is 399 g/mol. The van der Waals surface area contributed by atoms with Gasteiger partial charge in [-0.3, -0.25) is 4.79 Å². The number of hydrogen-bond acceptors (Lipinski definition) is 2. The highest BCUT2D eigenvalue weighted by atomic mass is 19.4. The van der Waals surface area contributed by atoms with Gasteiger partial charge in [-0.15, -0.1) is 0 Å². The third-order valence-corrected chi connectivity index (χ3v) is 4.51. The molecule has 0 fully saturated rings. The van der Waals surface area contributed by atoms with E-state index >= 15 is 0 Å². The molecular formula is C20H25F4N3O. The van der Waals surface area contributed by atoms with Crippen LogP contribution in [0, 0.1) is 11.4 Å². The number of benzene rings is 1. The van der Waals surface area contributed by atoms with E-state index < -0.39 is 29.3 Å². The van der Waals surface area contributed by atoms with Gasteiger partial charge in [0.2, 0.25) is 5.95 Å². The number of alkyl halides is 3. The van der Waals surface area contributed by atoms with Gasteiger partial charge in [0.25, 0.3) is 5.91 Å². The number of aryl methyl sites for hydroxylation is 1. The fourth-order valence-electron chi connectivity index (χ4n) is 3.41. The molecule has 0 saturated carbocycles. The van der Waals surface area contributed by atoms with Crippen LogP contribution in [0.5, 0.6) is 0 Å². The summed E-state index contributed by atoms with van der Waals surface area (Å²) in [5.74, 6) is -2.36. The Balaban J connectivity index is 2.49. The Morgan fingerprint density at radius 3 is 2.32 bits per heavy atom. The summed E-state index contributed by atoms with van der Waals surface area (Å²) >= 11 is 0. The highest BCUT2D eigenvalue weighted by molar-refractivity contribution is 6.07. The molecule has 0 radical (unpaired) electrons. The van der Waals surface area contributed by atoms with Crippen LogP contribution in [0.3, 0.4) is 0 Å². The van der Waals surface area contributed by atoms with Crippen LogP contribution in [-0.4, -0.2) is 22.7 Å². The molecule has 0 saturated heterocycles. The highest BCUT2D eigenvalue weighted by Gasteiger charge is 2.42. The van der Waals surface area contributed by atoms with Crippen molar-refractivity contribution in [3.8, 4) is 0 Å². The predicted octanol–water partition coefficient (Wildman–Crippen LogP) is 5.39.